The molecule has 0 aromatic heterocycles. The van der Waals surface area contributed by atoms with Gasteiger partial charge < -0.3 is 10.0 Å². The van der Waals surface area contributed by atoms with Gasteiger partial charge in [0.2, 0.25) is 0 Å². The second-order valence-electron chi connectivity index (χ2n) is 5.51. The van der Waals surface area contributed by atoms with Gasteiger partial charge in [0.05, 0.1) is 0 Å². The summed E-state index contributed by atoms with van der Waals surface area (Å²) in [6, 6.07) is 14.4. The lowest BCUT2D eigenvalue weighted by atomic mass is 9.86. The van der Waals surface area contributed by atoms with Gasteiger partial charge in [-0.1, -0.05) is 34.1 Å². The first-order valence-corrected chi connectivity index (χ1v) is 7.68. The van der Waals surface area contributed by atoms with Crippen LogP contribution in [0.2, 0.25) is 0 Å². The first kappa shape index (κ1) is 13.7. The molecule has 1 heterocycles. The third-order valence-electron chi connectivity index (χ3n) is 4.01. The van der Waals surface area contributed by atoms with Crippen LogP contribution < -0.4 is 0 Å². The fraction of sp³-hybridized carbons (Fsp3) is 0.294. The third-order valence-corrected chi connectivity index (χ3v) is 4.54. The highest BCUT2D eigenvalue weighted by Gasteiger charge is 2.22. The van der Waals surface area contributed by atoms with E-state index in [-0.39, 0.29) is 0 Å². The zero-order chi connectivity index (χ0) is 14.1. The number of phenolic OH excluding ortho intramolecular Hbond substituents is 1. The molecule has 0 unspecified atom stereocenters. The number of benzene rings is 2. The van der Waals surface area contributed by atoms with Crippen molar-refractivity contribution in [3.05, 3.63) is 63.6 Å². The number of nitrogens with zero attached hydrogens (tertiary/aromatic N) is 1. The molecule has 0 amide bonds. The summed E-state index contributed by atoms with van der Waals surface area (Å²) in [7, 11) is 2.14. The van der Waals surface area contributed by atoms with E-state index in [1.54, 1.807) is 6.07 Å². The molecule has 0 fully saturated rings. The lowest BCUT2D eigenvalue weighted by Gasteiger charge is -2.18. The molecule has 104 valence electrons. The van der Waals surface area contributed by atoms with Crippen molar-refractivity contribution in [1.29, 1.82) is 0 Å². The van der Waals surface area contributed by atoms with E-state index in [2.05, 4.69) is 58.2 Å². The summed E-state index contributed by atoms with van der Waals surface area (Å²) >= 11 is 3.49. The average Bonchev–Trinajstić information content (AvgIpc) is 2.58. The van der Waals surface area contributed by atoms with Crippen LogP contribution in [-0.4, -0.2) is 23.6 Å². The molecule has 1 aliphatic rings. The van der Waals surface area contributed by atoms with E-state index in [1.807, 2.05) is 6.07 Å². The van der Waals surface area contributed by atoms with Gasteiger partial charge in [-0.25, -0.2) is 0 Å². The summed E-state index contributed by atoms with van der Waals surface area (Å²) < 4.78 is 1.11. The van der Waals surface area contributed by atoms with E-state index in [4.69, 9.17) is 0 Å². The number of halogens is 1. The van der Waals surface area contributed by atoms with Crippen LogP contribution in [0.3, 0.4) is 0 Å². The molecular formula is C17H18BrNO. The fourth-order valence-corrected chi connectivity index (χ4v) is 3.25. The number of aromatic hydroxyl groups is 1. The Labute approximate surface area is 128 Å². The number of hydrogen-bond donors (Lipinski definition) is 1. The maximum atomic E-state index is 9.73. The molecule has 2 aromatic carbocycles. The van der Waals surface area contributed by atoms with Crippen LogP contribution in [0.4, 0.5) is 0 Å². The van der Waals surface area contributed by atoms with E-state index in [1.165, 1.54) is 16.7 Å². The van der Waals surface area contributed by atoms with E-state index in [9.17, 15) is 5.11 Å². The van der Waals surface area contributed by atoms with Crippen LogP contribution in [-0.2, 0) is 6.54 Å². The zero-order valence-corrected chi connectivity index (χ0v) is 13.1. The molecule has 3 heteroatoms. The lowest BCUT2D eigenvalue weighted by Crippen LogP contribution is -2.17. The average molecular weight is 332 g/mol. The Morgan fingerprint density at radius 1 is 1.15 bits per heavy atom. The number of phenols is 1. The summed E-state index contributed by atoms with van der Waals surface area (Å²) in [5.74, 6) is 0.761. The van der Waals surface area contributed by atoms with E-state index >= 15 is 0 Å². The van der Waals surface area contributed by atoms with E-state index < -0.39 is 0 Å². The van der Waals surface area contributed by atoms with Crippen molar-refractivity contribution in [3.8, 4) is 5.75 Å². The molecule has 1 aliphatic heterocycles. The molecular weight excluding hydrogens is 314 g/mol. The highest BCUT2D eigenvalue weighted by molar-refractivity contribution is 9.10. The van der Waals surface area contributed by atoms with Crippen LogP contribution in [0.1, 0.15) is 29.0 Å². The Morgan fingerprint density at radius 3 is 2.65 bits per heavy atom. The molecule has 0 bridgehead atoms. The summed E-state index contributed by atoms with van der Waals surface area (Å²) in [6.07, 6.45) is 1.11. The minimum absolute atomic E-state index is 0.355. The van der Waals surface area contributed by atoms with Crippen LogP contribution in [0.15, 0.2) is 46.9 Å². The normalized spacial score (nSPS) is 19.4. The smallest absolute Gasteiger partial charge is 0.115 e. The van der Waals surface area contributed by atoms with Crippen molar-refractivity contribution in [2.45, 2.75) is 18.9 Å². The van der Waals surface area contributed by atoms with Gasteiger partial charge >= 0.3 is 0 Å². The quantitative estimate of drug-likeness (QED) is 0.849. The second-order valence-corrected chi connectivity index (χ2v) is 6.43. The van der Waals surface area contributed by atoms with Crippen LogP contribution in [0, 0.1) is 0 Å². The second kappa shape index (κ2) is 5.58. The van der Waals surface area contributed by atoms with Gasteiger partial charge in [0, 0.05) is 16.9 Å². The standard InChI is InChI=1S/C17H18BrNO/c1-19-9-8-17(12-2-4-14(18)5-3-12)16-7-6-15(20)10-13(16)11-19/h2-7,10,17,20H,8-9,11H2,1H3/t17-/m1/s1. The van der Waals surface area contributed by atoms with Crippen LogP contribution in [0.25, 0.3) is 0 Å². The minimum atomic E-state index is 0.355. The molecule has 3 rings (SSSR count). The first-order valence-electron chi connectivity index (χ1n) is 6.89. The van der Waals surface area contributed by atoms with Gasteiger partial charge in [-0.05, 0) is 61.0 Å². The van der Waals surface area contributed by atoms with Gasteiger partial charge in [0.1, 0.15) is 5.75 Å². The molecule has 0 saturated carbocycles. The van der Waals surface area contributed by atoms with Gasteiger partial charge in [-0.2, -0.15) is 0 Å². The summed E-state index contributed by atoms with van der Waals surface area (Å²) in [4.78, 5) is 2.32. The van der Waals surface area contributed by atoms with Gasteiger partial charge in [0.25, 0.3) is 0 Å². The fourth-order valence-electron chi connectivity index (χ4n) is 2.99. The number of fused-ring (bicyclic) bond motifs is 1. The molecule has 2 nitrogen and oxygen atoms in total. The van der Waals surface area contributed by atoms with Crippen molar-refractivity contribution >= 4 is 15.9 Å². The monoisotopic (exact) mass is 331 g/mol. The topological polar surface area (TPSA) is 23.5 Å². The predicted molar refractivity (Wildman–Crippen MR) is 85.0 cm³/mol. The van der Waals surface area contributed by atoms with E-state index in [0.717, 1.165) is 24.0 Å². The molecule has 0 spiro atoms. The van der Waals surface area contributed by atoms with Crippen molar-refractivity contribution < 1.29 is 5.11 Å². The molecule has 0 aliphatic carbocycles. The number of hydrogen-bond acceptors (Lipinski definition) is 2. The summed E-state index contributed by atoms with van der Waals surface area (Å²) in [5.41, 5.74) is 3.92. The highest BCUT2D eigenvalue weighted by Crippen LogP contribution is 2.35. The van der Waals surface area contributed by atoms with Crippen molar-refractivity contribution in [3.63, 3.8) is 0 Å². The Kier molecular flexibility index (Phi) is 3.81. The third kappa shape index (κ3) is 2.74. The Balaban J connectivity index is 2.05. The Morgan fingerprint density at radius 2 is 1.90 bits per heavy atom. The van der Waals surface area contributed by atoms with E-state index in [0.29, 0.717) is 11.7 Å². The van der Waals surface area contributed by atoms with Gasteiger partial charge in [-0.15, -0.1) is 0 Å². The largest absolute Gasteiger partial charge is 0.508 e. The molecule has 1 atom stereocenters. The summed E-state index contributed by atoms with van der Waals surface area (Å²) in [6.45, 7) is 1.97. The SMILES string of the molecule is CN1CC[C@H](c2ccc(Br)cc2)c2ccc(O)cc2C1. The molecule has 20 heavy (non-hydrogen) atoms. The highest BCUT2D eigenvalue weighted by atomic mass is 79.9. The maximum absolute atomic E-state index is 9.73. The van der Waals surface area contributed by atoms with Crippen LogP contribution in [0.5, 0.6) is 5.75 Å². The maximum Gasteiger partial charge on any atom is 0.115 e. The van der Waals surface area contributed by atoms with Crippen molar-refractivity contribution in [2.24, 2.45) is 0 Å². The predicted octanol–water partition coefficient (Wildman–Crippen LogP) is 4.12. The lowest BCUT2D eigenvalue weighted by molar-refractivity contribution is 0.328. The molecule has 1 N–H and O–H groups in total. The van der Waals surface area contributed by atoms with Crippen molar-refractivity contribution in [1.82, 2.24) is 4.90 Å². The minimum Gasteiger partial charge on any atom is -0.508 e. The zero-order valence-electron chi connectivity index (χ0n) is 11.5. The Bertz CT molecular complexity index is 609. The molecule has 0 saturated heterocycles. The first-order chi connectivity index (χ1) is 9.63. The Hall–Kier alpha value is -1.32. The summed E-state index contributed by atoms with van der Waals surface area (Å²) in [5, 5.41) is 9.73. The van der Waals surface area contributed by atoms with Gasteiger partial charge in [0.15, 0.2) is 0 Å². The van der Waals surface area contributed by atoms with Crippen LogP contribution >= 0.6 is 15.9 Å². The molecule has 2 aromatic rings. The van der Waals surface area contributed by atoms with Crippen molar-refractivity contribution in [2.75, 3.05) is 13.6 Å². The van der Waals surface area contributed by atoms with Gasteiger partial charge in [-0.3, -0.25) is 0 Å². The number of rotatable bonds is 1. The molecule has 0 radical (unpaired) electrons.